The zero-order chi connectivity index (χ0) is 30.8. The number of ether oxygens (including phenoxy) is 2. The minimum absolute atomic E-state index is 0.852. The predicted molar refractivity (Wildman–Crippen MR) is 193 cm³/mol. The van der Waals surface area contributed by atoms with Crippen molar-refractivity contribution in [1.29, 1.82) is 0 Å². The molecule has 0 aliphatic heterocycles. The summed E-state index contributed by atoms with van der Waals surface area (Å²) in [5.41, 5.74) is 12.4. The highest BCUT2D eigenvalue weighted by Gasteiger charge is 2.31. The fraction of sp³-hybridized carbons (Fsp3) is 0.0455. The van der Waals surface area contributed by atoms with Crippen LogP contribution in [0.4, 0.5) is 0 Å². The fourth-order valence-electron chi connectivity index (χ4n) is 7.52. The lowest BCUT2D eigenvalue weighted by Gasteiger charge is -2.20. The van der Waals surface area contributed by atoms with Crippen molar-refractivity contribution < 1.29 is 9.47 Å². The summed E-state index contributed by atoms with van der Waals surface area (Å²) in [5.74, 6) is 1.70. The number of fused-ring (bicyclic) bond motifs is 5. The first-order valence-electron chi connectivity index (χ1n) is 15.7. The zero-order valence-electron chi connectivity index (χ0n) is 25.7. The van der Waals surface area contributed by atoms with E-state index in [0.717, 1.165) is 11.5 Å². The Morgan fingerprint density at radius 3 is 1.46 bits per heavy atom. The van der Waals surface area contributed by atoms with Crippen LogP contribution in [0.2, 0.25) is 0 Å². The number of benzene rings is 8. The quantitative estimate of drug-likeness (QED) is 0.198. The van der Waals surface area contributed by atoms with Gasteiger partial charge >= 0.3 is 0 Å². The van der Waals surface area contributed by atoms with E-state index < -0.39 is 0 Å². The molecule has 0 N–H and O–H groups in total. The molecule has 2 heteroatoms. The van der Waals surface area contributed by atoms with Gasteiger partial charge in [0.2, 0.25) is 0 Å². The normalized spacial score (nSPS) is 11.7. The highest BCUT2D eigenvalue weighted by molar-refractivity contribution is 6.28. The molecule has 1 aliphatic carbocycles. The molecular formula is C44H30O2. The highest BCUT2D eigenvalue weighted by atomic mass is 16.5. The Labute approximate surface area is 268 Å². The van der Waals surface area contributed by atoms with Gasteiger partial charge < -0.3 is 9.47 Å². The topological polar surface area (TPSA) is 18.5 Å². The first kappa shape index (κ1) is 26.5. The summed E-state index contributed by atoms with van der Waals surface area (Å²) in [6.45, 7) is 0. The van der Waals surface area contributed by atoms with Crippen molar-refractivity contribution in [2.75, 3.05) is 14.2 Å². The van der Waals surface area contributed by atoms with E-state index in [1.165, 1.54) is 88.0 Å². The molecule has 0 heterocycles. The maximum absolute atomic E-state index is 5.55. The summed E-state index contributed by atoms with van der Waals surface area (Å²) < 4.78 is 11.1. The minimum atomic E-state index is 0.852. The van der Waals surface area contributed by atoms with E-state index in [1.54, 1.807) is 14.2 Å². The number of methoxy groups -OCH3 is 2. The first-order valence-corrected chi connectivity index (χ1v) is 15.7. The molecule has 8 aromatic rings. The fourth-order valence-corrected chi connectivity index (χ4v) is 7.52. The molecule has 46 heavy (non-hydrogen) atoms. The van der Waals surface area contributed by atoms with Crippen LogP contribution in [-0.2, 0) is 0 Å². The van der Waals surface area contributed by atoms with E-state index in [4.69, 9.17) is 9.47 Å². The Morgan fingerprint density at radius 2 is 0.848 bits per heavy atom. The van der Waals surface area contributed by atoms with Crippen molar-refractivity contribution in [2.45, 2.75) is 0 Å². The van der Waals surface area contributed by atoms with Gasteiger partial charge in [-0.15, -0.1) is 0 Å². The molecule has 0 radical (unpaired) electrons. The van der Waals surface area contributed by atoms with E-state index in [1.807, 2.05) is 0 Å². The second kappa shape index (κ2) is 10.4. The Kier molecular flexibility index (Phi) is 5.97. The van der Waals surface area contributed by atoms with Gasteiger partial charge in [0.1, 0.15) is 11.5 Å². The summed E-state index contributed by atoms with van der Waals surface area (Å²) in [4.78, 5) is 0. The highest BCUT2D eigenvalue weighted by Crippen LogP contribution is 2.58. The van der Waals surface area contributed by atoms with E-state index in [-0.39, 0.29) is 0 Å². The van der Waals surface area contributed by atoms with Crippen LogP contribution in [0.25, 0.3) is 88.0 Å². The van der Waals surface area contributed by atoms with Gasteiger partial charge in [-0.25, -0.2) is 0 Å². The van der Waals surface area contributed by atoms with Gasteiger partial charge in [-0.2, -0.15) is 0 Å². The lowest BCUT2D eigenvalue weighted by Crippen LogP contribution is -1.94. The number of hydrogen-bond donors (Lipinski definition) is 0. The van der Waals surface area contributed by atoms with Crippen LogP contribution >= 0.6 is 0 Å². The van der Waals surface area contributed by atoms with Crippen LogP contribution in [0.15, 0.2) is 146 Å². The van der Waals surface area contributed by atoms with E-state index >= 15 is 0 Å². The van der Waals surface area contributed by atoms with Crippen LogP contribution in [0.3, 0.4) is 0 Å². The van der Waals surface area contributed by atoms with Crippen LogP contribution in [0, 0.1) is 0 Å². The molecule has 0 saturated heterocycles. The van der Waals surface area contributed by atoms with E-state index in [9.17, 15) is 0 Å². The van der Waals surface area contributed by atoms with Crippen molar-refractivity contribution in [2.24, 2.45) is 0 Å². The summed E-state index contributed by atoms with van der Waals surface area (Å²) in [7, 11) is 3.44. The molecular weight excluding hydrogens is 560 g/mol. The molecule has 0 fully saturated rings. The molecule has 9 rings (SSSR count). The van der Waals surface area contributed by atoms with Gasteiger partial charge in [0.05, 0.1) is 14.2 Å². The smallest absolute Gasteiger partial charge is 0.118 e. The average Bonchev–Trinajstić information content (AvgIpc) is 3.45. The molecule has 0 aromatic heterocycles. The Balaban J connectivity index is 1.40. The number of rotatable bonds is 5. The second-order valence-electron chi connectivity index (χ2n) is 12.0. The molecule has 0 saturated carbocycles. The van der Waals surface area contributed by atoms with Crippen LogP contribution in [0.5, 0.6) is 11.5 Å². The maximum atomic E-state index is 5.55. The monoisotopic (exact) mass is 590 g/mol. The van der Waals surface area contributed by atoms with E-state index in [0.29, 0.717) is 0 Å². The van der Waals surface area contributed by atoms with Crippen molar-refractivity contribution in [3.05, 3.63) is 146 Å². The summed E-state index contributed by atoms with van der Waals surface area (Å²) in [6.07, 6.45) is 0. The van der Waals surface area contributed by atoms with Crippen molar-refractivity contribution in [3.8, 4) is 67.1 Å². The maximum Gasteiger partial charge on any atom is 0.118 e. The lowest BCUT2D eigenvalue weighted by molar-refractivity contribution is 0.415. The van der Waals surface area contributed by atoms with Crippen molar-refractivity contribution in [3.63, 3.8) is 0 Å². The summed E-state index contributed by atoms with van der Waals surface area (Å²) in [6, 6.07) is 52.8. The average molecular weight is 591 g/mol. The molecule has 0 unspecified atom stereocenters. The van der Waals surface area contributed by atoms with Gasteiger partial charge in [-0.3, -0.25) is 0 Å². The second-order valence-corrected chi connectivity index (χ2v) is 12.0. The van der Waals surface area contributed by atoms with E-state index in [2.05, 4.69) is 146 Å². The van der Waals surface area contributed by atoms with Gasteiger partial charge in [0.15, 0.2) is 0 Å². The third kappa shape index (κ3) is 3.90. The SMILES string of the molecule is COc1ccc(-c2c3c(c(-c4ccc(OC)cc4)c4ccccc24)-c2ccc(-c4ccc5ccccc5c4)c4cccc-3c24)cc1. The van der Waals surface area contributed by atoms with Crippen LogP contribution in [-0.4, -0.2) is 14.2 Å². The molecule has 1 aliphatic rings. The Bertz CT molecular complexity index is 2370. The zero-order valence-corrected chi connectivity index (χ0v) is 25.7. The third-order valence-corrected chi connectivity index (χ3v) is 9.61. The van der Waals surface area contributed by atoms with Crippen molar-refractivity contribution >= 4 is 32.3 Å². The first-order chi connectivity index (χ1) is 22.7. The molecule has 2 nitrogen and oxygen atoms in total. The molecule has 0 atom stereocenters. The third-order valence-electron chi connectivity index (χ3n) is 9.61. The molecule has 8 aromatic carbocycles. The number of hydrogen-bond acceptors (Lipinski definition) is 2. The Morgan fingerprint density at radius 1 is 0.348 bits per heavy atom. The standard InChI is InChI=1S/C44H30O2/c1-45-32-20-16-28(17-21-32)40-36-10-5-6-11-37(36)41(29-18-22-33(46-2)23-19-29)44-39-25-24-34(35-12-7-13-38(42(35)39)43(40)44)31-15-14-27-8-3-4-9-30(27)26-31/h3-26H,1-2H3. The predicted octanol–water partition coefficient (Wildman–Crippen LogP) is 11.8. The lowest BCUT2D eigenvalue weighted by atomic mass is 9.82. The largest absolute Gasteiger partial charge is 0.497 e. The van der Waals surface area contributed by atoms with Crippen molar-refractivity contribution in [1.82, 2.24) is 0 Å². The van der Waals surface area contributed by atoms with Gasteiger partial charge in [-0.1, -0.05) is 115 Å². The Hall–Kier alpha value is -5.86. The summed E-state index contributed by atoms with van der Waals surface area (Å²) >= 11 is 0. The summed E-state index contributed by atoms with van der Waals surface area (Å²) in [5, 5.41) is 7.55. The minimum Gasteiger partial charge on any atom is -0.497 e. The van der Waals surface area contributed by atoms with Crippen LogP contribution < -0.4 is 9.47 Å². The molecule has 218 valence electrons. The molecule has 0 amide bonds. The molecule has 0 bridgehead atoms. The van der Waals surface area contributed by atoms with Crippen LogP contribution in [0.1, 0.15) is 0 Å². The molecule has 0 spiro atoms. The van der Waals surface area contributed by atoms with Gasteiger partial charge in [0, 0.05) is 0 Å². The van der Waals surface area contributed by atoms with Gasteiger partial charge in [-0.05, 0) is 118 Å². The van der Waals surface area contributed by atoms with Gasteiger partial charge in [0.25, 0.3) is 0 Å².